The number of carbonyl (C=O) groups excluding carboxylic acids is 1. The summed E-state index contributed by atoms with van der Waals surface area (Å²) < 4.78 is 10.7. The van der Waals surface area contributed by atoms with Crippen molar-refractivity contribution >= 4 is 16.8 Å². The van der Waals surface area contributed by atoms with Gasteiger partial charge in [0, 0.05) is 23.6 Å². The third-order valence-electron chi connectivity index (χ3n) is 4.56. The van der Waals surface area contributed by atoms with Crippen molar-refractivity contribution < 1.29 is 14.3 Å². The van der Waals surface area contributed by atoms with Crippen molar-refractivity contribution in [3.05, 3.63) is 23.9 Å². The quantitative estimate of drug-likeness (QED) is 0.847. The third-order valence-corrected chi connectivity index (χ3v) is 4.56. The molecule has 23 heavy (non-hydrogen) atoms. The van der Waals surface area contributed by atoms with Crippen molar-refractivity contribution in [2.24, 2.45) is 0 Å². The predicted molar refractivity (Wildman–Crippen MR) is 90.4 cm³/mol. The van der Waals surface area contributed by atoms with Crippen LogP contribution in [-0.2, 0) is 0 Å². The number of fused-ring (bicyclic) bond motifs is 1. The van der Waals surface area contributed by atoms with Crippen LogP contribution in [0.3, 0.4) is 0 Å². The van der Waals surface area contributed by atoms with Gasteiger partial charge in [0.2, 0.25) is 0 Å². The molecular formula is C18H24N2O3. The third kappa shape index (κ3) is 3.44. The number of amides is 1. The van der Waals surface area contributed by atoms with Gasteiger partial charge in [-0.3, -0.25) is 4.79 Å². The zero-order valence-electron chi connectivity index (χ0n) is 13.8. The lowest BCUT2D eigenvalue weighted by molar-refractivity contribution is 0.0929. The summed E-state index contributed by atoms with van der Waals surface area (Å²) in [4.78, 5) is 15.7. The minimum atomic E-state index is -0.0471. The summed E-state index contributed by atoms with van der Waals surface area (Å²) in [5, 5.41) is 4.05. The number of rotatable bonds is 4. The van der Waals surface area contributed by atoms with Crippen LogP contribution >= 0.6 is 0 Å². The van der Waals surface area contributed by atoms with Crippen LogP contribution in [0, 0.1) is 0 Å². The molecule has 2 N–H and O–H groups in total. The fraction of sp³-hybridized carbons (Fsp3) is 0.500. The first-order chi connectivity index (χ1) is 11.2. The Hall–Kier alpha value is -2.17. The second-order valence-electron chi connectivity index (χ2n) is 6.14. The first-order valence-corrected chi connectivity index (χ1v) is 8.27. The average molecular weight is 316 g/mol. The van der Waals surface area contributed by atoms with Gasteiger partial charge in [-0.2, -0.15) is 0 Å². The molecule has 1 amide bonds. The van der Waals surface area contributed by atoms with Crippen molar-refractivity contribution in [2.45, 2.75) is 44.6 Å². The summed E-state index contributed by atoms with van der Waals surface area (Å²) in [7, 11) is 3.23. The van der Waals surface area contributed by atoms with Gasteiger partial charge in [0.15, 0.2) is 0 Å². The molecule has 0 unspecified atom stereocenters. The van der Waals surface area contributed by atoms with Gasteiger partial charge in [0.1, 0.15) is 17.2 Å². The van der Waals surface area contributed by atoms with Crippen LogP contribution in [0.1, 0.15) is 49.0 Å². The van der Waals surface area contributed by atoms with Crippen LogP contribution in [0.4, 0.5) is 0 Å². The molecule has 1 aliphatic carbocycles. The number of methoxy groups -OCH3 is 2. The van der Waals surface area contributed by atoms with Gasteiger partial charge < -0.3 is 19.8 Å². The molecule has 1 aromatic heterocycles. The van der Waals surface area contributed by atoms with E-state index in [0.717, 1.165) is 23.7 Å². The lowest BCUT2D eigenvalue weighted by Gasteiger charge is -2.15. The van der Waals surface area contributed by atoms with Crippen molar-refractivity contribution in [1.82, 2.24) is 10.3 Å². The molecule has 5 nitrogen and oxygen atoms in total. The van der Waals surface area contributed by atoms with Crippen molar-refractivity contribution in [3.8, 4) is 11.5 Å². The first-order valence-electron chi connectivity index (χ1n) is 8.27. The van der Waals surface area contributed by atoms with E-state index in [1.807, 2.05) is 18.2 Å². The van der Waals surface area contributed by atoms with E-state index in [4.69, 9.17) is 9.47 Å². The Morgan fingerprint density at radius 3 is 2.48 bits per heavy atom. The van der Waals surface area contributed by atoms with Gasteiger partial charge in [-0.25, -0.2) is 0 Å². The SMILES string of the molecule is COc1cc(OC)c2cc(C(=O)NC3CCCCCC3)[nH]c2c1. The van der Waals surface area contributed by atoms with Gasteiger partial charge in [0.05, 0.1) is 19.7 Å². The maximum Gasteiger partial charge on any atom is 0.267 e. The minimum Gasteiger partial charge on any atom is -0.497 e. The molecule has 0 radical (unpaired) electrons. The van der Waals surface area contributed by atoms with Gasteiger partial charge in [-0.1, -0.05) is 25.7 Å². The maximum atomic E-state index is 12.5. The Bertz CT molecular complexity index is 685. The van der Waals surface area contributed by atoms with E-state index in [-0.39, 0.29) is 11.9 Å². The molecule has 2 aromatic rings. The van der Waals surface area contributed by atoms with Crippen LogP contribution in [-0.4, -0.2) is 31.2 Å². The Labute approximate surface area is 136 Å². The van der Waals surface area contributed by atoms with Crippen molar-refractivity contribution in [1.29, 1.82) is 0 Å². The summed E-state index contributed by atoms with van der Waals surface area (Å²) in [5.74, 6) is 1.35. The summed E-state index contributed by atoms with van der Waals surface area (Å²) in [6.45, 7) is 0. The number of aromatic amines is 1. The largest absolute Gasteiger partial charge is 0.497 e. The smallest absolute Gasteiger partial charge is 0.267 e. The standard InChI is InChI=1S/C18H24N2O3/c1-22-13-9-15-14(17(10-13)23-2)11-16(20-15)18(21)19-12-7-5-3-4-6-8-12/h9-12,20H,3-8H2,1-2H3,(H,19,21). The number of nitrogens with one attached hydrogen (secondary N) is 2. The van der Waals surface area contributed by atoms with Gasteiger partial charge in [0.25, 0.3) is 5.91 Å². The molecule has 1 heterocycles. The van der Waals surface area contributed by atoms with Crippen LogP contribution in [0.2, 0.25) is 0 Å². The normalized spacial score (nSPS) is 16.1. The van der Waals surface area contributed by atoms with E-state index >= 15 is 0 Å². The monoisotopic (exact) mass is 316 g/mol. The zero-order chi connectivity index (χ0) is 16.2. The van der Waals surface area contributed by atoms with Crippen molar-refractivity contribution in [2.75, 3.05) is 14.2 Å². The molecule has 3 rings (SSSR count). The lowest BCUT2D eigenvalue weighted by Crippen LogP contribution is -2.34. The molecule has 1 aliphatic rings. The fourth-order valence-corrected chi connectivity index (χ4v) is 3.28. The van der Waals surface area contributed by atoms with Gasteiger partial charge in [-0.15, -0.1) is 0 Å². The summed E-state index contributed by atoms with van der Waals surface area (Å²) in [6, 6.07) is 5.83. The Balaban J connectivity index is 1.83. The highest BCUT2D eigenvalue weighted by Gasteiger charge is 2.18. The lowest BCUT2D eigenvalue weighted by atomic mass is 10.1. The predicted octanol–water partition coefficient (Wildman–Crippen LogP) is 3.64. The minimum absolute atomic E-state index is 0.0471. The van der Waals surface area contributed by atoms with E-state index < -0.39 is 0 Å². The number of ether oxygens (including phenoxy) is 2. The average Bonchev–Trinajstić information content (AvgIpc) is 2.84. The zero-order valence-corrected chi connectivity index (χ0v) is 13.8. The second kappa shape index (κ2) is 6.94. The number of carbonyl (C=O) groups is 1. The molecule has 0 saturated heterocycles. The molecule has 1 aromatic carbocycles. The second-order valence-corrected chi connectivity index (χ2v) is 6.14. The van der Waals surface area contributed by atoms with Crippen LogP contribution in [0.25, 0.3) is 10.9 Å². The van der Waals surface area contributed by atoms with Crippen molar-refractivity contribution in [3.63, 3.8) is 0 Å². The molecule has 5 heteroatoms. The topological polar surface area (TPSA) is 63.4 Å². The van der Waals surface area contributed by atoms with E-state index in [9.17, 15) is 4.79 Å². The molecular weight excluding hydrogens is 292 g/mol. The van der Waals surface area contributed by atoms with E-state index in [2.05, 4.69) is 10.3 Å². The number of benzene rings is 1. The highest BCUT2D eigenvalue weighted by atomic mass is 16.5. The highest BCUT2D eigenvalue weighted by molar-refractivity contribution is 6.00. The fourth-order valence-electron chi connectivity index (χ4n) is 3.28. The number of hydrogen-bond donors (Lipinski definition) is 2. The summed E-state index contributed by atoms with van der Waals surface area (Å²) >= 11 is 0. The molecule has 0 spiro atoms. The van der Waals surface area contributed by atoms with E-state index in [1.165, 1.54) is 25.7 Å². The van der Waals surface area contributed by atoms with Crippen LogP contribution < -0.4 is 14.8 Å². The summed E-state index contributed by atoms with van der Waals surface area (Å²) in [6.07, 6.45) is 7.09. The molecule has 1 fully saturated rings. The molecule has 124 valence electrons. The van der Waals surface area contributed by atoms with Gasteiger partial charge >= 0.3 is 0 Å². The van der Waals surface area contributed by atoms with Crippen LogP contribution in [0.15, 0.2) is 18.2 Å². The number of H-pyrrole nitrogens is 1. The van der Waals surface area contributed by atoms with E-state index in [1.54, 1.807) is 14.2 Å². The number of aromatic nitrogens is 1. The Kier molecular flexibility index (Phi) is 4.74. The molecule has 0 atom stereocenters. The van der Waals surface area contributed by atoms with E-state index in [0.29, 0.717) is 17.2 Å². The summed E-state index contributed by atoms with van der Waals surface area (Å²) in [5.41, 5.74) is 1.41. The molecule has 0 bridgehead atoms. The number of hydrogen-bond acceptors (Lipinski definition) is 3. The highest BCUT2D eigenvalue weighted by Crippen LogP contribution is 2.31. The maximum absolute atomic E-state index is 12.5. The Morgan fingerprint density at radius 2 is 1.83 bits per heavy atom. The Morgan fingerprint density at radius 1 is 1.09 bits per heavy atom. The van der Waals surface area contributed by atoms with Gasteiger partial charge in [-0.05, 0) is 18.9 Å². The molecule has 1 saturated carbocycles. The molecule has 0 aliphatic heterocycles. The van der Waals surface area contributed by atoms with Crippen LogP contribution in [0.5, 0.6) is 11.5 Å². The first kappa shape index (κ1) is 15.7.